The van der Waals surface area contributed by atoms with Gasteiger partial charge in [-0.2, -0.15) is 0 Å². The minimum absolute atomic E-state index is 0.0523. The molecule has 0 amide bonds. The largest absolute Gasteiger partial charge is 0.490 e. The van der Waals surface area contributed by atoms with Gasteiger partial charge < -0.3 is 19.6 Å². The lowest BCUT2D eigenvalue weighted by atomic mass is 9.87. The van der Waals surface area contributed by atoms with Crippen LogP contribution in [0.15, 0.2) is 67.0 Å². The maximum Gasteiger partial charge on any atom is 0.306 e. The van der Waals surface area contributed by atoms with Crippen LogP contribution in [0.1, 0.15) is 36.9 Å². The van der Waals surface area contributed by atoms with Crippen LogP contribution < -0.4 is 4.74 Å². The number of carbonyl (C=O) groups is 1. The summed E-state index contributed by atoms with van der Waals surface area (Å²) in [5.74, 6) is -0.271. The number of ether oxygens (including phenoxy) is 1. The van der Waals surface area contributed by atoms with Gasteiger partial charge in [0.1, 0.15) is 11.4 Å². The van der Waals surface area contributed by atoms with Crippen LogP contribution in [-0.4, -0.2) is 48.6 Å². The Kier molecular flexibility index (Phi) is 6.70. The normalized spacial score (nSPS) is 19.8. The fraction of sp³-hybridized carbons (Fsp3) is 0.370. The molecule has 5 rings (SSSR count). The number of aryl methyl sites for hydroxylation is 1. The van der Waals surface area contributed by atoms with Crippen molar-refractivity contribution >= 4 is 5.97 Å². The molecule has 0 radical (unpaired) electrons. The Hall–Kier alpha value is -3.81. The second kappa shape index (κ2) is 10.2. The van der Waals surface area contributed by atoms with Crippen molar-refractivity contribution in [2.24, 2.45) is 13.0 Å². The molecule has 0 spiro atoms. The fourth-order valence-corrected chi connectivity index (χ4v) is 4.87. The zero-order valence-corrected chi connectivity index (χ0v) is 20.0. The van der Waals surface area contributed by atoms with Crippen molar-refractivity contribution in [2.45, 2.75) is 44.9 Å². The van der Waals surface area contributed by atoms with Gasteiger partial charge >= 0.3 is 5.97 Å². The van der Waals surface area contributed by atoms with Crippen molar-refractivity contribution in [3.8, 4) is 17.0 Å². The molecular formula is C27H31N5O3. The lowest BCUT2D eigenvalue weighted by Gasteiger charge is -2.27. The van der Waals surface area contributed by atoms with Gasteiger partial charge in [-0.25, -0.2) is 4.68 Å². The van der Waals surface area contributed by atoms with Crippen LogP contribution in [-0.2, 0) is 24.9 Å². The zero-order chi connectivity index (χ0) is 24.2. The van der Waals surface area contributed by atoms with Gasteiger partial charge in [0, 0.05) is 31.6 Å². The molecule has 2 atom stereocenters. The molecule has 2 aromatic carbocycles. The lowest BCUT2D eigenvalue weighted by Crippen LogP contribution is -2.29. The van der Waals surface area contributed by atoms with E-state index in [0.29, 0.717) is 13.0 Å². The first-order valence-corrected chi connectivity index (χ1v) is 12.1. The van der Waals surface area contributed by atoms with Crippen molar-refractivity contribution in [3.05, 3.63) is 78.3 Å². The Morgan fingerprint density at radius 2 is 1.77 bits per heavy atom. The minimum Gasteiger partial charge on any atom is -0.490 e. The molecule has 1 N–H and O–H groups in total. The van der Waals surface area contributed by atoms with E-state index in [1.165, 1.54) is 5.56 Å². The van der Waals surface area contributed by atoms with Crippen LogP contribution >= 0.6 is 0 Å². The Balaban J connectivity index is 1.22. The highest BCUT2D eigenvalue weighted by Crippen LogP contribution is 2.30. The van der Waals surface area contributed by atoms with Gasteiger partial charge in [0.2, 0.25) is 0 Å². The summed E-state index contributed by atoms with van der Waals surface area (Å²) < 4.78 is 7.94. The maximum atomic E-state index is 11.3. The van der Waals surface area contributed by atoms with Gasteiger partial charge in [-0.15, -0.1) is 5.10 Å². The van der Waals surface area contributed by atoms with Gasteiger partial charge in [0.05, 0.1) is 30.9 Å². The molecule has 182 valence electrons. The third-order valence-electron chi connectivity index (χ3n) is 6.78. The summed E-state index contributed by atoms with van der Waals surface area (Å²) in [6, 6.07) is 18.3. The summed E-state index contributed by atoms with van der Waals surface area (Å²) >= 11 is 0. The molecule has 0 saturated heterocycles. The summed E-state index contributed by atoms with van der Waals surface area (Å²) in [6.45, 7) is 2.39. The molecule has 2 aliphatic rings. The molecule has 3 aromatic rings. The van der Waals surface area contributed by atoms with E-state index in [9.17, 15) is 9.90 Å². The van der Waals surface area contributed by atoms with Crippen LogP contribution in [0.5, 0.6) is 5.75 Å². The van der Waals surface area contributed by atoms with Crippen LogP contribution in [0.2, 0.25) is 0 Å². The smallest absolute Gasteiger partial charge is 0.306 e. The molecular weight excluding hydrogens is 442 g/mol. The van der Waals surface area contributed by atoms with Crippen molar-refractivity contribution in [1.82, 2.24) is 24.8 Å². The summed E-state index contributed by atoms with van der Waals surface area (Å²) in [5, 5.41) is 18.0. The summed E-state index contributed by atoms with van der Waals surface area (Å²) in [6.07, 6.45) is 7.27. The molecule has 1 aromatic heterocycles. The molecule has 35 heavy (non-hydrogen) atoms. The first-order chi connectivity index (χ1) is 17.0. The highest BCUT2D eigenvalue weighted by Gasteiger charge is 2.28. The molecule has 1 fully saturated rings. The topological polar surface area (TPSA) is 83.7 Å². The first kappa shape index (κ1) is 23.0. The predicted octanol–water partition coefficient (Wildman–Crippen LogP) is 4.25. The molecule has 1 aliphatic heterocycles. The number of aromatic nitrogens is 3. The number of aliphatic carboxylic acids is 1. The molecule has 2 heterocycles. The SMILES string of the molecule is Cn1nnc(-c2ccc(O[C@H]3CCC[C@H](C(=O)O)C3)cc2)c1CN1C=CN(Cc2ccccc2)C1. The minimum atomic E-state index is -0.722. The standard InChI is InChI=1S/C27H31N5O3/c1-30-25(18-32-15-14-31(19-32)17-20-6-3-2-4-7-20)26(28-29-30)21-10-12-23(13-11-21)35-24-9-5-8-22(16-24)27(33)34/h2-4,6-7,10-15,22,24H,5,8-9,16-19H2,1H3,(H,33,34)/t22-,24-/m0/s1. The van der Waals surface area contributed by atoms with Gasteiger partial charge in [-0.05, 0) is 55.5 Å². The first-order valence-electron chi connectivity index (χ1n) is 12.1. The Bertz CT molecular complexity index is 1180. The Labute approximate surface area is 205 Å². The molecule has 8 heteroatoms. The molecule has 1 aliphatic carbocycles. The van der Waals surface area contributed by atoms with Crippen molar-refractivity contribution in [1.29, 1.82) is 0 Å². The average molecular weight is 474 g/mol. The molecule has 1 saturated carbocycles. The van der Waals surface area contributed by atoms with Gasteiger partial charge in [0.15, 0.2) is 0 Å². The molecule has 8 nitrogen and oxygen atoms in total. The molecule has 0 unspecified atom stereocenters. The van der Waals surface area contributed by atoms with E-state index in [1.54, 1.807) is 0 Å². The van der Waals surface area contributed by atoms with E-state index < -0.39 is 5.97 Å². The summed E-state index contributed by atoms with van der Waals surface area (Å²) in [5.41, 5.74) is 4.17. The highest BCUT2D eigenvalue weighted by atomic mass is 16.5. The van der Waals surface area contributed by atoms with E-state index in [4.69, 9.17) is 4.74 Å². The third kappa shape index (κ3) is 5.48. The average Bonchev–Trinajstić information content (AvgIpc) is 3.47. The maximum absolute atomic E-state index is 11.3. The van der Waals surface area contributed by atoms with E-state index in [2.05, 4.69) is 56.8 Å². The number of hydrogen-bond acceptors (Lipinski definition) is 6. The van der Waals surface area contributed by atoms with Crippen molar-refractivity contribution in [3.63, 3.8) is 0 Å². The van der Waals surface area contributed by atoms with E-state index in [-0.39, 0.29) is 12.0 Å². The van der Waals surface area contributed by atoms with Gasteiger partial charge in [-0.3, -0.25) is 4.79 Å². The van der Waals surface area contributed by atoms with Crippen molar-refractivity contribution < 1.29 is 14.6 Å². The second-order valence-electron chi connectivity index (χ2n) is 9.39. The third-order valence-corrected chi connectivity index (χ3v) is 6.78. The number of carboxylic acids is 1. The summed E-state index contributed by atoms with van der Waals surface area (Å²) in [7, 11) is 1.92. The van der Waals surface area contributed by atoms with Gasteiger partial charge in [0.25, 0.3) is 0 Å². The van der Waals surface area contributed by atoms with Gasteiger partial charge in [-0.1, -0.05) is 35.5 Å². The monoisotopic (exact) mass is 473 g/mol. The quantitative estimate of drug-likeness (QED) is 0.524. The zero-order valence-electron chi connectivity index (χ0n) is 20.0. The Morgan fingerprint density at radius 1 is 1.03 bits per heavy atom. The van der Waals surface area contributed by atoms with Crippen LogP contribution in [0.4, 0.5) is 0 Å². The lowest BCUT2D eigenvalue weighted by molar-refractivity contribution is -0.143. The van der Waals surface area contributed by atoms with E-state index >= 15 is 0 Å². The number of benzene rings is 2. The highest BCUT2D eigenvalue weighted by molar-refractivity contribution is 5.70. The number of rotatable bonds is 8. The van der Waals surface area contributed by atoms with Crippen molar-refractivity contribution in [2.75, 3.05) is 6.67 Å². The number of hydrogen-bond donors (Lipinski definition) is 1. The van der Waals surface area contributed by atoms with E-state index in [0.717, 1.165) is 55.2 Å². The fourth-order valence-electron chi connectivity index (χ4n) is 4.87. The molecule has 0 bridgehead atoms. The number of carboxylic acid groups (broad SMARTS) is 1. The van der Waals surface area contributed by atoms with E-state index in [1.807, 2.05) is 42.1 Å². The van der Waals surface area contributed by atoms with Crippen LogP contribution in [0.3, 0.4) is 0 Å². The predicted molar refractivity (Wildman–Crippen MR) is 132 cm³/mol. The summed E-state index contributed by atoms with van der Waals surface area (Å²) in [4.78, 5) is 15.9. The van der Waals surface area contributed by atoms with Crippen LogP contribution in [0, 0.1) is 5.92 Å². The second-order valence-corrected chi connectivity index (χ2v) is 9.39. The number of nitrogens with zero attached hydrogens (tertiary/aromatic N) is 5. The van der Waals surface area contributed by atoms with Crippen LogP contribution in [0.25, 0.3) is 11.3 Å². The Morgan fingerprint density at radius 3 is 2.51 bits per heavy atom.